The van der Waals surface area contributed by atoms with E-state index in [0.717, 1.165) is 11.3 Å². The first-order valence-corrected chi connectivity index (χ1v) is 6.60. The summed E-state index contributed by atoms with van der Waals surface area (Å²) in [6, 6.07) is 12.2. The fourth-order valence-corrected chi connectivity index (χ4v) is 2.02. The number of methoxy groups -OCH3 is 2. The smallest absolute Gasteiger partial charge is 0.217 e. The molecule has 0 aliphatic heterocycles. The van der Waals surface area contributed by atoms with Gasteiger partial charge in [-0.05, 0) is 30.7 Å². The predicted octanol–water partition coefficient (Wildman–Crippen LogP) is 2.95. The monoisotopic (exact) mass is 272 g/mol. The summed E-state index contributed by atoms with van der Waals surface area (Å²) in [6.45, 7) is 2.84. The number of nitrogens with zero attached hydrogens (tertiary/aromatic N) is 1. The van der Waals surface area contributed by atoms with Crippen LogP contribution in [0.4, 0.5) is 0 Å². The van der Waals surface area contributed by atoms with Crippen LogP contribution in [0.25, 0.3) is 0 Å². The summed E-state index contributed by atoms with van der Waals surface area (Å²) < 4.78 is 10.4. The summed E-state index contributed by atoms with van der Waals surface area (Å²) in [4.78, 5) is 4.19. The molecule has 0 amide bonds. The Labute approximate surface area is 119 Å². The molecule has 1 atom stereocenters. The molecule has 2 aromatic rings. The van der Waals surface area contributed by atoms with Gasteiger partial charge in [-0.15, -0.1) is 0 Å². The Bertz CT molecular complexity index is 540. The Morgan fingerprint density at radius 3 is 2.50 bits per heavy atom. The molecular formula is C16H20N2O2. The van der Waals surface area contributed by atoms with E-state index in [-0.39, 0.29) is 6.04 Å². The van der Waals surface area contributed by atoms with Crippen molar-refractivity contribution in [2.75, 3.05) is 14.2 Å². The van der Waals surface area contributed by atoms with Crippen molar-refractivity contribution in [2.24, 2.45) is 0 Å². The highest BCUT2D eigenvalue weighted by Crippen LogP contribution is 2.19. The van der Waals surface area contributed by atoms with E-state index in [1.165, 1.54) is 5.56 Å². The van der Waals surface area contributed by atoms with Crippen LogP contribution in [-0.4, -0.2) is 19.2 Å². The van der Waals surface area contributed by atoms with Crippen molar-refractivity contribution >= 4 is 0 Å². The molecule has 0 saturated carbocycles. The van der Waals surface area contributed by atoms with E-state index in [4.69, 9.17) is 9.47 Å². The SMILES string of the molecule is COc1ccc([C@H](C)NCc2cccnc2OC)cc1. The Morgan fingerprint density at radius 2 is 1.85 bits per heavy atom. The highest BCUT2D eigenvalue weighted by Gasteiger charge is 2.08. The maximum Gasteiger partial charge on any atom is 0.217 e. The van der Waals surface area contributed by atoms with Crippen molar-refractivity contribution in [3.05, 3.63) is 53.7 Å². The van der Waals surface area contributed by atoms with Crippen LogP contribution in [-0.2, 0) is 6.54 Å². The highest BCUT2D eigenvalue weighted by molar-refractivity contribution is 5.29. The molecule has 0 fully saturated rings. The quantitative estimate of drug-likeness (QED) is 0.878. The molecule has 0 bridgehead atoms. The molecule has 4 heteroatoms. The van der Waals surface area contributed by atoms with Crippen LogP contribution in [0.3, 0.4) is 0 Å². The maximum atomic E-state index is 5.25. The van der Waals surface area contributed by atoms with Gasteiger partial charge in [-0.25, -0.2) is 4.98 Å². The second kappa shape index (κ2) is 6.91. The Hall–Kier alpha value is -2.07. The molecule has 0 spiro atoms. The first kappa shape index (κ1) is 14.3. The first-order valence-electron chi connectivity index (χ1n) is 6.60. The summed E-state index contributed by atoms with van der Waals surface area (Å²) in [5.74, 6) is 1.54. The van der Waals surface area contributed by atoms with Gasteiger partial charge in [0.1, 0.15) is 5.75 Å². The lowest BCUT2D eigenvalue weighted by atomic mass is 10.1. The number of nitrogens with one attached hydrogen (secondary N) is 1. The maximum absolute atomic E-state index is 5.25. The molecule has 0 radical (unpaired) electrons. The largest absolute Gasteiger partial charge is 0.497 e. The number of pyridine rings is 1. The summed E-state index contributed by atoms with van der Waals surface area (Å²) in [5, 5.41) is 3.47. The van der Waals surface area contributed by atoms with E-state index in [0.29, 0.717) is 12.4 Å². The normalized spacial score (nSPS) is 11.9. The first-order chi connectivity index (χ1) is 9.74. The van der Waals surface area contributed by atoms with E-state index >= 15 is 0 Å². The molecule has 4 nitrogen and oxygen atoms in total. The van der Waals surface area contributed by atoms with Gasteiger partial charge < -0.3 is 14.8 Å². The molecule has 106 valence electrons. The van der Waals surface area contributed by atoms with Crippen molar-refractivity contribution in [1.82, 2.24) is 10.3 Å². The lowest BCUT2D eigenvalue weighted by Gasteiger charge is -2.15. The van der Waals surface area contributed by atoms with Crippen LogP contribution in [0.2, 0.25) is 0 Å². The topological polar surface area (TPSA) is 43.4 Å². The zero-order chi connectivity index (χ0) is 14.4. The summed E-state index contributed by atoms with van der Waals surface area (Å²) in [6.07, 6.45) is 1.73. The fraction of sp³-hybridized carbons (Fsp3) is 0.312. The summed E-state index contributed by atoms with van der Waals surface area (Å²) >= 11 is 0. The fourth-order valence-electron chi connectivity index (χ4n) is 2.02. The molecule has 20 heavy (non-hydrogen) atoms. The summed E-state index contributed by atoms with van der Waals surface area (Å²) in [5.41, 5.74) is 2.27. The Kier molecular flexibility index (Phi) is 4.96. The van der Waals surface area contributed by atoms with Crippen LogP contribution >= 0.6 is 0 Å². The van der Waals surface area contributed by atoms with E-state index in [2.05, 4.69) is 29.4 Å². The van der Waals surface area contributed by atoms with Gasteiger partial charge in [-0.1, -0.05) is 18.2 Å². The number of hydrogen-bond acceptors (Lipinski definition) is 4. The van der Waals surface area contributed by atoms with Crippen molar-refractivity contribution in [3.63, 3.8) is 0 Å². The van der Waals surface area contributed by atoms with Crippen molar-refractivity contribution in [2.45, 2.75) is 19.5 Å². The predicted molar refractivity (Wildman–Crippen MR) is 79.0 cm³/mol. The van der Waals surface area contributed by atoms with Gasteiger partial charge in [0.15, 0.2) is 0 Å². The molecule has 1 heterocycles. The zero-order valence-electron chi connectivity index (χ0n) is 12.1. The van der Waals surface area contributed by atoms with Gasteiger partial charge in [0.2, 0.25) is 5.88 Å². The van der Waals surface area contributed by atoms with E-state index in [1.807, 2.05) is 24.3 Å². The standard InChI is InChI=1S/C16H20N2O2/c1-12(13-6-8-15(19-2)9-7-13)18-11-14-5-4-10-17-16(14)20-3/h4-10,12,18H,11H2,1-3H3/t12-/m0/s1. The number of rotatable bonds is 6. The molecule has 1 aromatic heterocycles. The third-order valence-corrected chi connectivity index (χ3v) is 3.26. The van der Waals surface area contributed by atoms with Crippen molar-refractivity contribution in [3.8, 4) is 11.6 Å². The van der Waals surface area contributed by atoms with E-state index < -0.39 is 0 Å². The second-order valence-corrected chi connectivity index (χ2v) is 4.55. The molecule has 0 unspecified atom stereocenters. The van der Waals surface area contributed by atoms with Crippen molar-refractivity contribution in [1.29, 1.82) is 0 Å². The molecular weight excluding hydrogens is 252 g/mol. The Morgan fingerprint density at radius 1 is 1.10 bits per heavy atom. The Balaban J connectivity index is 1.98. The van der Waals surface area contributed by atoms with Gasteiger partial charge >= 0.3 is 0 Å². The number of hydrogen-bond donors (Lipinski definition) is 1. The highest BCUT2D eigenvalue weighted by atomic mass is 16.5. The molecule has 1 aromatic carbocycles. The number of ether oxygens (including phenoxy) is 2. The minimum absolute atomic E-state index is 0.241. The lowest BCUT2D eigenvalue weighted by molar-refractivity contribution is 0.389. The summed E-state index contributed by atoms with van der Waals surface area (Å²) in [7, 11) is 3.31. The average molecular weight is 272 g/mol. The van der Waals surface area contributed by atoms with Gasteiger partial charge in [-0.2, -0.15) is 0 Å². The lowest BCUT2D eigenvalue weighted by Crippen LogP contribution is -2.18. The number of aromatic nitrogens is 1. The van der Waals surface area contributed by atoms with Crippen LogP contribution < -0.4 is 14.8 Å². The minimum Gasteiger partial charge on any atom is -0.497 e. The van der Waals surface area contributed by atoms with Crippen LogP contribution in [0.15, 0.2) is 42.6 Å². The molecule has 1 N–H and O–H groups in total. The van der Waals surface area contributed by atoms with Gasteiger partial charge in [0.05, 0.1) is 14.2 Å². The molecule has 0 saturated heterocycles. The number of benzene rings is 1. The van der Waals surface area contributed by atoms with Gasteiger partial charge in [-0.3, -0.25) is 0 Å². The zero-order valence-corrected chi connectivity index (χ0v) is 12.1. The van der Waals surface area contributed by atoms with Crippen LogP contribution in [0.1, 0.15) is 24.1 Å². The molecule has 0 aliphatic carbocycles. The van der Waals surface area contributed by atoms with Crippen molar-refractivity contribution < 1.29 is 9.47 Å². The average Bonchev–Trinajstić information content (AvgIpc) is 2.53. The third-order valence-electron chi connectivity index (χ3n) is 3.26. The van der Waals surface area contributed by atoms with Gasteiger partial charge in [0, 0.05) is 24.3 Å². The minimum atomic E-state index is 0.241. The molecule has 2 rings (SSSR count). The van der Waals surface area contributed by atoms with Gasteiger partial charge in [0.25, 0.3) is 0 Å². The van der Waals surface area contributed by atoms with E-state index in [9.17, 15) is 0 Å². The van der Waals surface area contributed by atoms with Crippen LogP contribution in [0.5, 0.6) is 11.6 Å². The second-order valence-electron chi connectivity index (χ2n) is 4.55. The van der Waals surface area contributed by atoms with Crippen LogP contribution in [0, 0.1) is 0 Å². The molecule has 0 aliphatic rings. The van der Waals surface area contributed by atoms with E-state index in [1.54, 1.807) is 20.4 Å². The third kappa shape index (κ3) is 3.48.